The van der Waals surface area contributed by atoms with Gasteiger partial charge in [-0.1, -0.05) is 5.16 Å². The van der Waals surface area contributed by atoms with Crippen LogP contribution in [0.3, 0.4) is 0 Å². The lowest BCUT2D eigenvalue weighted by molar-refractivity contribution is 0.0222. The number of ether oxygens (including phenoxy) is 1. The number of benzene rings is 1. The molecule has 7 heteroatoms. The Kier molecular flexibility index (Phi) is 4.74. The molecule has 134 valence electrons. The Morgan fingerprint density at radius 1 is 1.36 bits per heavy atom. The van der Waals surface area contributed by atoms with Crippen molar-refractivity contribution in [3.05, 3.63) is 36.0 Å². The summed E-state index contributed by atoms with van der Waals surface area (Å²) in [6, 6.07) is 5.90. The van der Waals surface area contributed by atoms with Crippen molar-refractivity contribution in [2.75, 3.05) is 6.54 Å². The first-order valence-corrected chi connectivity index (χ1v) is 8.40. The molecule has 25 heavy (non-hydrogen) atoms. The zero-order chi connectivity index (χ0) is 18.0. The first-order valence-electron chi connectivity index (χ1n) is 8.40. The Balaban J connectivity index is 1.67. The molecule has 2 heterocycles. The molecular weight excluding hydrogens is 325 g/mol. The third-order valence-electron chi connectivity index (χ3n) is 3.99. The molecule has 0 radical (unpaired) electrons. The van der Waals surface area contributed by atoms with Crippen molar-refractivity contribution in [2.45, 2.75) is 51.7 Å². The predicted octanol–water partition coefficient (Wildman–Crippen LogP) is 3.82. The van der Waals surface area contributed by atoms with Crippen molar-refractivity contribution in [3.63, 3.8) is 0 Å². The van der Waals surface area contributed by atoms with Crippen LogP contribution in [0.25, 0.3) is 11.4 Å². The van der Waals surface area contributed by atoms with Crippen molar-refractivity contribution in [1.82, 2.24) is 15.0 Å². The lowest BCUT2D eigenvalue weighted by Gasteiger charge is -2.28. The van der Waals surface area contributed by atoms with E-state index >= 15 is 0 Å². The number of nitrogens with zero attached hydrogens (tertiary/aromatic N) is 3. The number of aromatic nitrogens is 2. The van der Waals surface area contributed by atoms with Gasteiger partial charge in [0.05, 0.1) is 0 Å². The second-order valence-electron chi connectivity index (χ2n) is 7.19. The summed E-state index contributed by atoms with van der Waals surface area (Å²) in [5.41, 5.74) is 0.164. The van der Waals surface area contributed by atoms with Gasteiger partial charge in [-0.25, -0.2) is 9.18 Å². The third kappa shape index (κ3) is 4.35. The number of amides is 1. The maximum absolute atomic E-state index is 13.0. The zero-order valence-corrected chi connectivity index (χ0v) is 14.7. The van der Waals surface area contributed by atoms with Gasteiger partial charge >= 0.3 is 6.09 Å². The quantitative estimate of drug-likeness (QED) is 0.844. The van der Waals surface area contributed by atoms with Gasteiger partial charge in [0.2, 0.25) is 11.7 Å². The molecule has 1 fully saturated rings. The summed E-state index contributed by atoms with van der Waals surface area (Å²) >= 11 is 0. The molecule has 1 aromatic heterocycles. The summed E-state index contributed by atoms with van der Waals surface area (Å²) in [7, 11) is 0. The van der Waals surface area contributed by atoms with Crippen LogP contribution in [0, 0.1) is 5.82 Å². The van der Waals surface area contributed by atoms with Crippen LogP contribution in [-0.2, 0) is 11.2 Å². The highest BCUT2D eigenvalue weighted by Crippen LogP contribution is 2.24. The second-order valence-corrected chi connectivity index (χ2v) is 7.19. The molecule has 1 amide bonds. The van der Waals surface area contributed by atoms with E-state index in [1.165, 1.54) is 12.1 Å². The van der Waals surface area contributed by atoms with E-state index in [-0.39, 0.29) is 18.0 Å². The van der Waals surface area contributed by atoms with Crippen LogP contribution in [0.2, 0.25) is 0 Å². The number of hydrogen-bond donors (Lipinski definition) is 0. The zero-order valence-electron chi connectivity index (χ0n) is 14.7. The van der Waals surface area contributed by atoms with Gasteiger partial charge < -0.3 is 14.2 Å². The van der Waals surface area contributed by atoms with Crippen LogP contribution < -0.4 is 0 Å². The summed E-state index contributed by atoms with van der Waals surface area (Å²) in [6.45, 7) is 6.22. The average molecular weight is 347 g/mol. The summed E-state index contributed by atoms with van der Waals surface area (Å²) in [6.07, 6.45) is 1.96. The lowest BCUT2D eigenvalue weighted by Crippen LogP contribution is -2.40. The van der Waals surface area contributed by atoms with E-state index in [0.717, 1.165) is 12.8 Å². The van der Waals surface area contributed by atoms with E-state index in [1.54, 1.807) is 17.0 Å². The normalized spacial score (nSPS) is 17.8. The predicted molar refractivity (Wildman–Crippen MR) is 89.4 cm³/mol. The minimum atomic E-state index is -0.523. The molecular formula is C18H22FN3O3. The Morgan fingerprint density at radius 2 is 2.08 bits per heavy atom. The summed E-state index contributed by atoms with van der Waals surface area (Å²) < 4.78 is 23.8. The number of likely N-dealkylation sites (tertiary alicyclic amines) is 1. The average Bonchev–Trinajstić information content (AvgIpc) is 3.16. The van der Waals surface area contributed by atoms with E-state index in [0.29, 0.717) is 30.2 Å². The minimum Gasteiger partial charge on any atom is -0.444 e. The van der Waals surface area contributed by atoms with Gasteiger partial charge in [0.25, 0.3) is 0 Å². The number of rotatable bonds is 3. The van der Waals surface area contributed by atoms with Gasteiger partial charge in [-0.15, -0.1) is 0 Å². The molecule has 6 nitrogen and oxygen atoms in total. The molecule has 0 aliphatic carbocycles. The van der Waals surface area contributed by atoms with Crippen molar-refractivity contribution in [3.8, 4) is 11.4 Å². The minimum absolute atomic E-state index is 0.0173. The van der Waals surface area contributed by atoms with Crippen LogP contribution in [0.1, 0.15) is 39.5 Å². The first kappa shape index (κ1) is 17.4. The highest BCUT2D eigenvalue weighted by atomic mass is 19.1. The van der Waals surface area contributed by atoms with Crippen LogP contribution >= 0.6 is 0 Å². The van der Waals surface area contributed by atoms with E-state index in [9.17, 15) is 9.18 Å². The molecule has 3 rings (SSSR count). The molecule has 1 aromatic carbocycles. The smallest absolute Gasteiger partial charge is 0.410 e. The molecule has 1 unspecified atom stereocenters. The summed E-state index contributed by atoms with van der Waals surface area (Å²) in [5, 5.41) is 3.94. The molecule has 0 N–H and O–H groups in total. The van der Waals surface area contributed by atoms with E-state index in [1.807, 2.05) is 20.8 Å². The number of carbonyl (C=O) groups excluding carboxylic acids is 1. The number of hydrogen-bond acceptors (Lipinski definition) is 5. The topological polar surface area (TPSA) is 68.5 Å². The van der Waals surface area contributed by atoms with E-state index in [2.05, 4.69) is 10.1 Å². The molecule has 0 bridgehead atoms. The standard InChI is InChI=1S/C18H22FN3O3/c1-18(2,3)24-17(23)22-10-4-5-14(22)11-15-20-16(21-25-15)12-6-8-13(19)9-7-12/h6-9,14H,4-5,10-11H2,1-3H3. The van der Waals surface area contributed by atoms with Crippen LogP contribution in [0.4, 0.5) is 9.18 Å². The fraction of sp³-hybridized carbons (Fsp3) is 0.500. The number of halogens is 1. The van der Waals surface area contributed by atoms with Gasteiger partial charge in [-0.2, -0.15) is 4.98 Å². The highest BCUT2D eigenvalue weighted by Gasteiger charge is 2.33. The maximum atomic E-state index is 13.0. The molecule has 0 saturated carbocycles. The first-order chi connectivity index (χ1) is 11.8. The molecule has 1 aliphatic rings. The second kappa shape index (κ2) is 6.82. The van der Waals surface area contributed by atoms with Gasteiger partial charge in [-0.05, 0) is 57.9 Å². The van der Waals surface area contributed by atoms with Crippen LogP contribution in [0.15, 0.2) is 28.8 Å². The monoisotopic (exact) mass is 347 g/mol. The molecule has 1 atom stereocenters. The summed E-state index contributed by atoms with van der Waals surface area (Å²) in [5.74, 6) is 0.558. The molecule has 2 aromatic rings. The van der Waals surface area contributed by atoms with E-state index in [4.69, 9.17) is 9.26 Å². The third-order valence-corrected chi connectivity index (χ3v) is 3.99. The van der Waals surface area contributed by atoms with Crippen LogP contribution in [0.5, 0.6) is 0 Å². The Hall–Kier alpha value is -2.44. The highest BCUT2D eigenvalue weighted by molar-refractivity contribution is 5.69. The van der Waals surface area contributed by atoms with Gasteiger partial charge in [0, 0.05) is 24.6 Å². The maximum Gasteiger partial charge on any atom is 0.410 e. The SMILES string of the molecule is CC(C)(C)OC(=O)N1CCCC1Cc1nc(-c2ccc(F)cc2)no1. The van der Waals surface area contributed by atoms with Crippen molar-refractivity contribution < 1.29 is 18.4 Å². The van der Waals surface area contributed by atoms with Crippen molar-refractivity contribution in [1.29, 1.82) is 0 Å². The Bertz CT molecular complexity index is 737. The van der Waals surface area contributed by atoms with E-state index < -0.39 is 5.60 Å². The largest absolute Gasteiger partial charge is 0.444 e. The fourth-order valence-corrected chi connectivity index (χ4v) is 2.86. The Morgan fingerprint density at radius 3 is 2.76 bits per heavy atom. The van der Waals surface area contributed by atoms with Gasteiger partial charge in [-0.3, -0.25) is 0 Å². The molecule has 1 aliphatic heterocycles. The fourth-order valence-electron chi connectivity index (χ4n) is 2.86. The van der Waals surface area contributed by atoms with Crippen molar-refractivity contribution in [2.24, 2.45) is 0 Å². The van der Waals surface area contributed by atoms with Crippen molar-refractivity contribution >= 4 is 6.09 Å². The van der Waals surface area contributed by atoms with Crippen LogP contribution in [-0.4, -0.2) is 39.3 Å². The molecule has 0 spiro atoms. The Labute approximate surface area is 146 Å². The summed E-state index contributed by atoms with van der Waals surface area (Å²) in [4.78, 5) is 18.4. The molecule has 1 saturated heterocycles. The van der Waals surface area contributed by atoms with Gasteiger partial charge in [0.1, 0.15) is 11.4 Å². The lowest BCUT2D eigenvalue weighted by atomic mass is 10.1. The van der Waals surface area contributed by atoms with Gasteiger partial charge in [0.15, 0.2) is 0 Å². The number of carbonyl (C=O) groups is 1.